The number of morpholine rings is 1. The molecule has 5 nitrogen and oxygen atoms in total. The van der Waals surface area contributed by atoms with Gasteiger partial charge in [-0.05, 0) is 37.6 Å². The van der Waals surface area contributed by atoms with Crippen LogP contribution >= 0.6 is 23.1 Å². The lowest BCUT2D eigenvalue weighted by molar-refractivity contribution is -0.116. The molecule has 158 valence electrons. The van der Waals surface area contributed by atoms with Gasteiger partial charge >= 0.3 is 0 Å². The Labute approximate surface area is 186 Å². The summed E-state index contributed by atoms with van der Waals surface area (Å²) in [5, 5.41) is 0.799. The average Bonchev–Trinajstić information content (AvgIpc) is 3.20. The number of carbonyl (C=O) groups is 1. The van der Waals surface area contributed by atoms with Gasteiger partial charge in [-0.3, -0.25) is 14.6 Å². The van der Waals surface area contributed by atoms with Crippen molar-refractivity contribution in [3.63, 3.8) is 0 Å². The molecule has 2 heterocycles. The first-order chi connectivity index (χ1) is 14.7. The van der Waals surface area contributed by atoms with Crippen LogP contribution in [0.1, 0.15) is 12.0 Å². The molecule has 1 amide bonds. The zero-order valence-corrected chi connectivity index (χ0v) is 18.9. The lowest BCUT2D eigenvalue weighted by Gasteiger charge is -2.27. The molecule has 7 heteroatoms. The Morgan fingerprint density at radius 3 is 2.70 bits per heavy atom. The van der Waals surface area contributed by atoms with Crippen LogP contribution in [0.25, 0.3) is 10.2 Å². The highest BCUT2D eigenvalue weighted by atomic mass is 32.2. The Kier molecular flexibility index (Phi) is 7.38. The minimum Gasteiger partial charge on any atom is -0.379 e. The summed E-state index contributed by atoms with van der Waals surface area (Å²) in [6.45, 7) is 7.27. The predicted molar refractivity (Wildman–Crippen MR) is 126 cm³/mol. The molecule has 0 radical (unpaired) electrons. The number of amides is 1. The van der Waals surface area contributed by atoms with Crippen LogP contribution in [-0.2, 0) is 9.53 Å². The number of aryl methyl sites for hydroxylation is 1. The van der Waals surface area contributed by atoms with Gasteiger partial charge in [0.25, 0.3) is 0 Å². The highest BCUT2D eigenvalue weighted by Gasteiger charge is 2.20. The van der Waals surface area contributed by atoms with Crippen molar-refractivity contribution >= 4 is 44.4 Å². The van der Waals surface area contributed by atoms with Crippen molar-refractivity contribution in [1.29, 1.82) is 0 Å². The van der Waals surface area contributed by atoms with Gasteiger partial charge in [-0.1, -0.05) is 41.2 Å². The number of benzene rings is 2. The molecule has 0 N–H and O–H groups in total. The zero-order valence-electron chi connectivity index (χ0n) is 17.3. The van der Waals surface area contributed by atoms with Crippen molar-refractivity contribution in [2.45, 2.75) is 18.2 Å². The number of rotatable bonds is 8. The van der Waals surface area contributed by atoms with Crippen molar-refractivity contribution in [2.24, 2.45) is 0 Å². The molecule has 0 aliphatic carbocycles. The Bertz CT molecular complexity index is 935. The third-order valence-corrected chi connectivity index (χ3v) is 7.21. The van der Waals surface area contributed by atoms with Gasteiger partial charge in [0, 0.05) is 31.1 Å². The van der Waals surface area contributed by atoms with Gasteiger partial charge in [0.1, 0.15) is 0 Å². The monoisotopic (exact) mass is 441 g/mol. The van der Waals surface area contributed by atoms with Crippen molar-refractivity contribution in [3.8, 4) is 0 Å². The minimum absolute atomic E-state index is 0.113. The van der Waals surface area contributed by atoms with Gasteiger partial charge in [-0.25, -0.2) is 4.98 Å². The number of ether oxygens (including phenoxy) is 1. The van der Waals surface area contributed by atoms with Crippen molar-refractivity contribution in [1.82, 2.24) is 9.88 Å². The lowest BCUT2D eigenvalue weighted by Crippen LogP contribution is -2.39. The number of anilines is 1. The standard InChI is InChI=1S/C23H27N3O2S2/c1-18-7-9-19(10-8-18)29-17-22(27)26(12-4-11-25-13-15-28-16-14-25)23-24-20-5-2-3-6-21(20)30-23/h2-3,5-10H,4,11-17H2,1H3. The third kappa shape index (κ3) is 5.60. The lowest BCUT2D eigenvalue weighted by atomic mass is 10.2. The van der Waals surface area contributed by atoms with E-state index in [1.807, 2.05) is 23.1 Å². The van der Waals surface area contributed by atoms with E-state index < -0.39 is 0 Å². The number of hydrogen-bond acceptors (Lipinski definition) is 6. The van der Waals surface area contributed by atoms with Gasteiger partial charge in [0.2, 0.25) is 5.91 Å². The van der Waals surface area contributed by atoms with Gasteiger partial charge in [0.05, 0.1) is 29.2 Å². The van der Waals surface area contributed by atoms with E-state index in [4.69, 9.17) is 9.72 Å². The Morgan fingerprint density at radius 1 is 1.17 bits per heavy atom. The molecule has 0 spiro atoms. The second kappa shape index (κ2) is 10.4. The van der Waals surface area contributed by atoms with Crippen LogP contribution in [0, 0.1) is 6.92 Å². The minimum atomic E-state index is 0.113. The van der Waals surface area contributed by atoms with Crippen LogP contribution < -0.4 is 4.90 Å². The number of aromatic nitrogens is 1. The quantitative estimate of drug-likeness (QED) is 0.483. The number of para-hydroxylation sites is 1. The van der Waals surface area contributed by atoms with E-state index in [-0.39, 0.29) is 5.91 Å². The molecular formula is C23H27N3O2S2. The first kappa shape index (κ1) is 21.3. The van der Waals surface area contributed by atoms with E-state index >= 15 is 0 Å². The summed E-state index contributed by atoms with van der Waals surface area (Å²) in [6.07, 6.45) is 0.927. The Hall–Kier alpha value is -1.93. The van der Waals surface area contributed by atoms with Crippen LogP contribution in [0.4, 0.5) is 5.13 Å². The highest BCUT2D eigenvalue weighted by molar-refractivity contribution is 8.00. The summed E-state index contributed by atoms with van der Waals surface area (Å²) < 4.78 is 6.55. The van der Waals surface area contributed by atoms with E-state index in [2.05, 4.69) is 42.2 Å². The summed E-state index contributed by atoms with van der Waals surface area (Å²) >= 11 is 3.18. The summed E-state index contributed by atoms with van der Waals surface area (Å²) in [6, 6.07) is 16.4. The van der Waals surface area contributed by atoms with Crippen molar-refractivity contribution in [2.75, 3.05) is 50.0 Å². The first-order valence-corrected chi connectivity index (χ1v) is 12.1. The predicted octanol–water partition coefficient (Wildman–Crippen LogP) is 4.45. The van der Waals surface area contributed by atoms with Crippen LogP contribution in [-0.4, -0.2) is 60.9 Å². The molecule has 0 atom stereocenters. The Balaban J connectivity index is 1.43. The molecule has 1 aliphatic rings. The summed E-state index contributed by atoms with van der Waals surface area (Å²) in [5.74, 6) is 0.526. The first-order valence-electron chi connectivity index (χ1n) is 10.3. The number of nitrogens with zero attached hydrogens (tertiary/aromatic N) is 3. The van der Waals surface area contributed by atoms with Crippen LogP contribution in [0.5, 0.6) is 0 Å². The van der Waals surface area contributed by atoms with E-state index in [0.29, 0.717) is 12.3 Å². The van der Waals surface area contributed by atoms with Gasteiger partial charge in [-0.2, -0.15) is 0 Å². The number of carbonyl (C=O) groups excluding carboxylic acids is 1. The second-order valence-corrected chi connectivity index (χ2v) is 9.48. The summed E-state index contributed by atoms with van der Waals surface area (Å²) in [4.78, 5) is 23.3. The molecule has 1 fully saturated rings. The van der Waals surface area contributed by atoms with Crippen LogP contribution in [0.3, 0.4) is 0 Å². The molecule has 1 aromatic heterocycles. The van der Waals surface area contributed by atoms with Gasteiger partial charge < -0.3 is 4.74 Å². The number of fused-ring (bicyclic) bond motifs is 1. The largest absolute Gasteiger partial charge is 0.379 e. The molecule has 0 bridgehead atoms. The molecular weight excluding hydrogens is 414 g/mol. The maximum absolute atomic E-state index is 13.2. The Morgan fingerprint density at radius 2 is 1.93 bits per heavy atom. The number of thioether (sulfide) groups is 1. The van der Waals surface area contributed by atoms with E-state index in [1.165, 1.54) is 5.56 Å². The second-order valence-electron chi connectivity index (χ2n) is 7.42. The fraction of sp³-hybridized carbons (Fsp3) is 0.391. The molecule has 4 rings (SSSR count). The third-order valence-electron chi connectivity index (χ3n) is 5.16. The highest BCUT2D eigenvalue weighted by Crippen LogP contribution is 2.30. The molecule has 1 aliphatic heterocycles. The van der Waals surface area contributed by atoms with Crippen LogP contribution in [0.15, 0.2) is 53.4 Å². The maximum Gasteiger partial charge on any atom is 0.239 e. The van der Waals surface area contributed by atoms with E-state index in [1.54, 1.807) is 23.1 Å². The summed E-state index contributed by atoms with van der Waals surface area (Å²) in [5.41, 5.74) is 2.18. The van der Waals surface area contributed by atoms with E-state index in [0.717, 1.165) is 59.5 Å². The molecule has 3 aromatic rings. The molecule has 1 saturated heterocycles. The number of hydrogen-bond donors (Lipinski definition) is 0. The van der Waals surface area contributed by atoms with Gasteiger partial charge in [-0.15, -0.1) is 11.8 Å². The summed E-state index contributed by atoms with van der Waals surface area (Å²) in [7, 11) is 0. The maximum atomic E-state index is 13.2. The molecule has 0 unspecified atom stereocenters. The van der Waals surface area contributed by atoms with Gasteiger partial charge in [0.15, 0.2) is 5.13 Å². The molecule has 0 saturated carbocycles. The van der Waals surface area contributed by atoms with E-state index in [9.17, 15) is 4.79 Å². The van der Waals surface area contributed by atoms with Crippen molar-refractivity contribution in [3.05, 3.63) is 54.1 Å². The zero-order chi connectivity index (χ0) is 20.8. The average molecular weight is 442 g/mol. The normalized spacial score (nSPS) is 14.8. The SMILES string of the molecule is Cc1ccc(SCC(=O)N(CCCN2CCOCC2)c2nc3ccccc3s2)cc1. The fourth-order valence-electron chi connectivity index (χ4n) is 3.44. The topological polar surface area (TPSA) is 45.7 Å². The molecule has 2 aromatic carbocycles. The smallest absolute Gasteiger partial charge is 0.239 e. The number of thiazole rings is 1. The van der Waals surface area contributed by atoms with Crippen molar-refractivity contribution < 1.29 is 9.53 Å². The molecule has 30 heavy (non-hydrogen) atoms. The van der Waals surface area contributed by atoms with Crippen LogP contribution in [0.2, 0.25) is 0 Å². The fourth-order valence-corrected chi connectivity index (χ4v) is 5.22.